The van der Waals surface area contributed by atoms with Crippen molar-refractivity contribution in [2.45, 2.75) is 25.8 Å². The molecule has 2 amide bonds. The molecule has 174 valence electrons. The van der Waals surface area contributed by atoms with E-state index in [1.165, 1.54) is 0 Å². The van der Waals surface area contributed by atoms with Crippen molar-refractivity contribution in [3.05, 3.63) is 83.6 Å². The minimum atomic E-state index is -0.522. The number of amides is 2. The number of carbonyl (C=O) groups excluding carboxylic acids is 3. The molecule has 0 saturated carbocycles. The Morgan fingerprint density at radius 2 is 2.00 bits per heavy atom. The summed E-state index contributed by atoms with van der Waals surface area (Å²) in [4.78, 5) is 49.7. The number of benzene rings is 1. The number of ether oxygens (including phenoxy) is 1. The van der Waals surface area contributed by atoms with Crippen molar-refractivity contribution < 1.29 is 19.1 Å². The van der Waals surface area contributed by atoms with Crippen molar-refractivity contribution in [3.63, 3.8) is 0 Å². The lowest BCUT2D eigenvalue weighted by Gasteiger charge is -2.23. The summed E-state index contributed by atoms with van der Waals surface area (Å²) in [6.45, 7) is 2.30. The number of carbonyl (C=O) groups is 3. The molecule has 35 heavy (non-hydrogen) atoms. The van der Waals surface area contributed by atoms with E-state index < -0.39 is 17.9 Å². The molecule has 0 fully saturated rings. The molecule has 9 nitrogen and oxygen atoms in total. The van der Waals surface area contributed by atoms with Gasteiger partial charge in [-0.2, -0.15) is 0 Å². The number of rotatable bonds is 5. The van der Waals surface area contributed by atoms with Crippen molar-refractivity contribution in [3.8, 4) is 0 Å². The van der Waals surface area contributed by atoms with Crippen LogP contribution in [-0.4, -0.2) is 45.5 Å². The first-order chi connectivity index (χ1) is 17.1. The highest BCUT2D eigenvalue weighted by Crippen LogP contribution is 2.40. The highest BCUT2D eigenvalue weighted by molar-refractivity contribution is 6.47. The lowest BCUT2D eigenvalue weighted by Crippen LogP contribution is -2.36. The number of anilines is 1. The van der Waals surface area contributed by atoms with Crippen LogP contribution in [0.5, 0.6) is 0 Å². The lowest BCUT2D eigenvalue weighted by molar-refractivity contribution is -0.145. The first-order valence-electron chi connectivity index (χ1n) is 11.4. The molecule has 5 heterocycles. The number of fused-ring (bicyclic) bond motifs is 1. The minimum Gasteiger partial charge on any atom is -0.464 e. The van der Waals surface area contributed by atoms with Crippen LogP contribution in [0.2, 0.25) is 0 Å². The number of imide groups is 1. The normalized spacial score (nSPS) is 18.6. The van der Waals surface area contributed by atoms with E-state index in [1.54, 1.807) is 29.2 Å². The molecule has 1 aromatic carbocycles. The van der Waals surface area contributed by atoms with Crippen LogP contribution < -0.4 is 10.2 Å². The summed E-state index contributed by atoms with van der Waals surface area (Å²) >= 11 is 0. The summed E-state index contributed by atoms with van der Waals surface area (Å²) < 4.78 is 7.19. The number of aliphatic imine (C=N–C) groups is 1. The number of hydrogen-bond donors (Lipinski definition) is 1. The maximum atomic E-state index is 13.1. The molecule has 0 radical (unpaired) electrons. The van der Waals surface area contributed by atoms with Gasteiger partial charge in [0.25, 0.3) is 11.8 Å². The smallest absolute Gasteiger partial charge is 0.329 e. The Hall–Kier alpha value is -4.53. The van der Waals surface area contributed by atoms with Crippen LogP contribution in [0, 0.1) is 0 Å². The zero-order valence-electron chi connectivity index (χ0n) is 18.9. The predicted molar refractivity (Wildman–Crippen MR) is 129 cm³/mol. The fourth-order valence-corrected chi connectivity index (χ4v) is 4.88. The number of pyridine rings is 1. The standard InChI is InChI=1S/C26H21N5O4/c1-2-12-35-26(34)17-13-15-6-5-7-16-22(27-9-11-31(17)23(15)16)21-20(24(32)29-25(21)33)18-14-28-19-8-3-4-10-30(18)19/h3-11,14,17H,2,12-13H2,1H3,(H,29,32,33). The van der Waals surface area contributed by atoms with Gasteiger partial charge in [0.1, 0.15) is 11.7 Å². The summed E-state index contributed by atoms with van der Waals surface area (Å²) in [6, 6.07) is 10.7. The second kappa shape index (κ2) is 8.05. The van der Waals surface area contributed by atoms with Crippen LogP contribution in [0.4, 0.5) is 5.69 Å². The summed E-state index contributed by atoms with van der Waals surface area (Å²) in [5.41, 5.74) is 4.32. The Morgan fingerprint density at radius 3 is 2.86 bits per heavy atom. The zero-order valence-corrected chi connectivity index (χ0v) is 18.9. The van der Waals surface area contributed by atoms with Crippen LogP contribution in [-0.2, 0) is 25.5 Å². The molecular formula is C26H21N5O4. The number of nitrogens with zero attached hydrogens (tertiary/aromatic N) is 4. The highest BCUT2D eigenvalue weighted by atomic mass is 16.5. The number of nitrogens with one attached hydrogen (secondary N) is 1. The summed E-state index contributed by atoms with van der Waals surface area (Å²) in [6.07, 6.45) is 7.87. The Bertz CT molecular complexity index is 1510. The Morgan fingerprint density at radius 1 is 1.14 bits per heavy atom. The molecule has 2 aromatic heterocycles. The van der Waals surface area contributed by atoms with Crippen LogP contribution in [0.15, 0.2) is 71.8 Å². The fourth-order valence-electron chi connectivity index (χ4n) is 4.88. The Labute approximate surface area is 200 Å². The van der Waals surface area contributed by atoms with E-state index in [0.29, 0.717) is 35.6 Å². The van der Waals surface area contributed by atoms with Gasteiger partial charge in [-0.15, -0.1) is 0 Å². The molecule has 0 saturated heterocycles. The first kappa shape index (κ1) is 21.0. The van der Waals surface area contributed by atoms with E-state index >= 15 is 0 Å². The van der Waals surface area contributed by atoms with Crippen LogP contribution >= 0.6 is 0 Å². The molecule has 0 spiro atoms. The predicted octanol–water partition coefficient (Wildman–Crippen LogP) is 2.40. The number of para-hydroxylation sites is 1. The van der Waals surface area contributed by atoms with Gasteiger partial charge in [0, 0.05) is 30.6 Å². The topological polar surface area (TPSA) is 105 Å². The van der Waals surface area contributed by atoms with Crippen molar-refractivity contribution in [1.82, 2.24) is 14.7 Å². The second-order valence-corrected chi connectivity index (χ2v) is 8.49. The number of hydrogen-bond acceptors (Lipinski definition) is 7. The quantitative estimate of drug-likeness (QED) is 0.456. The van der Waals surface area contributed by atoms with Gasteiger partial charge >= 0.3 is 5.97 Å². The van der Waals surface area contributed by atoms with E-state index in [9.17, 15) is 14.4 Å². The van der Waals surface area contributed by atoms with E-state index in [-0.39, 0.29) is 17.1 Å². The molecule has 0 aliphatic carbocycles. The van der Waals surface area contributed by atoms with Gasteiger partial charge in [0.15, 0.2) is 0 Å². The van der Waals surface area contributed by atoms with Gasteiger partial charge in [-0.25, -0.2) is 9.78 Å². The van der Waals surface area contributed by atoms with Crippen molar-refractivity contribution >= 4 is 40.4 Å². The molecule has 0 bridgehead atoms. The Kier molecular flexibility index (Phi) is 4.84. The number of esters is 1. The molecule has 3 aromatic rings. The SMILES string of the molecule is CCCOC(=O)C1Cc2cccc3c2N1C=CN=C3C1=C(c2cnc3ccccn23)C(=O)NC1=O. The van der Waals surface area contributed by atoms with Crippen LogP contribution in [0.1, 0.15) is 30.2 Å². The van der Waals surface area contributed by atoms with E-state index in [4.69, 9.17) is 4.74 Å². The molecule has 3 aliphatic rings. The third kappa shape index (κ3) is 3.19. The largest absolute Gasteiger partial charge is 0.464 e. The van der Waals surface area contributed by atoms with Gasteiger partial charge in [-0.3, -0.25) is 24.3 Å². The number of aromatic nitrogens is 2. The Balaban J connectivity index is 1.51. The molecular weight excluding hydrogens is 446 g/mol. The number of imidazole rings is 1. The third-order valence-electron chi connectivity index (χ3n) is 6.37. The first-order valence-corrected chi connectivity index (χ1v) is 11.4. The lowest BCUT2D eigenvalue weighted by atomic mass is 9.94. The second-order valence-electron chi connectivity index (χ2n) is 8.49. The van der Waals surface area contributed by atoms with Gasteiger partial charge in [0.2, 0.25) is 0 Å². The molecule has 9 heteroatoms. The van der Waals surface area contributed by atoms with Crippen molar-refractivity contribution in [2.75, 3.05) is 11.5 Å². The van der Waals surface area contributed by atoms with Gasteiger partial charge in [0.05, 0.1) is 41.0 Å². The van der Waals surface area contributed by atoms with Crippen molar-refractivity contribution in [1.29, 1.82) is 0 Å². The maximum Gasteiger partial charge on any atom is 0.329 e. The third-order valence-corrected chi connectivity index (χ3v) is 6.37. The maximum absolute atomic E-state index is 13.1. The molecule has 1 atom stereocenters. The summed E-state index contributed by atoms with van der Waals surface area (Å²) in [5.74, 6) is -1.33. The molecule has 1 N–H and O–H groups in total. The minimum absolute atomic E-state index is 0.178. The fraction of sp³-hybridized carbons (Fsp3) is 0.192. The van der Waals surface area contributed by atoms with E-state index in [1.807, 2.05) is 48.2 Å². The average Bonchev–Trinajstić information content (AvgIpc) is 3.49. The molecule has 1 unspecified atom stereocenters. The zero-order chi connectivity index (χ0) is 24.1. The van der Waals surface area contributed by atoms with E-state index in [2.05, 4.69) is 15.3 Å². The van der Waals surface area contributed by atoms with Gasteiger partial charge < -0.3 is 9.64 Å². The molecule has 3 aliphatic heterocycles. The van der Waals surface area contributed by atoms with Crippen LogP contribution in [0.25, 0.3) is 11.2 Å². The monoisotopic (exact) mass is 467 g/mol. The van der Waals surface area contributed by atoms with Crippen LogP contribution in [0.3, 0.4) is 0 Å². The average molecular weight is 467 g/mol. The van der Waals surface area contributed by atoms with Gasteiger partial charge in [-0.1, -0.05) is 31.2 Å². The van der Waals surface area contributed by atoms with Gasteiger partial charge in [-0.05, 0) is 24.1 Å². The summed E-state index contributed by atoms with van der Waals surface area (Å²) in [7, 11) is 0. The molecule has 6 rings (SSSR count). The van der Waals surface area contributed by atoms with Crippen molar-refractivity contribution in [2.24, 2.45) is 4.99 Å². The summed E-state index contributed by atoms with van der Waals surface area (Å²) in [5, 5.41) is 2.42. The van der Waals surface area contributed by atoms with E-state index in [0.717, 1.165) is 17.7 Å². The highest BCUT2D eigenvalue weighted by Gasteiger charge is 2.41.